The summed E-state index contributed by atoms with van der Waals surface area (Å²) >= 11 is 1.87. The fourth-order valence-electron chi connectivity index (χ4n) is 3.81. The number of rotatable bonds is 0. The molecule has 0 unspecified atom stereocenters. The molecule has 0 bridgehead atoms. The van der Waals surface area contributed by atoms with Crippen molar-refractivity contribution in [2.45, 2.75) is 0 Å². The molecule has 0 spiro atoms. The Labute approximate surface area is 142 Å². The first-order chi connectivity index (χ1) is 11.9. The third-order valence-corrected chi connectivity index (χ3v) is 6.08. The number of pyridine rings is 1. The Morgan fingerprint density at radius 1 is 0.792 bits per heavy atom. The van der Waals surface area contributed by atoms with Gasteiger partial charge in [0.05, 0.1) is 0 Å². The topological polar surface area (TPSA) is 24.9 Å². The molecule has 0 atom stereocenters. The predicted molar refractivity (Wildman–Crippen MR) is 103 cm³/mol. The van der Waals surface area contributed by atoms with Gasteiger partial charge in [0.25, 0.3) is 0 Å². The van der Waals surface area contributed by atoms with Gasteiger partial charge in [0.1, 0.15) is 5.82 Å². The zero-order valence-corrected chi connectivity index (χ0v) is 13.5. The van der Waals surface area contributed by atoms with E-state index in [-0.39, 0.29) is 0 Å². The minimum Gasteiger partial charge on any atom is -0.339 e. The zero-order valence-electron chi connectivity index (χ0n) is 12.7. The molecule has 112 valence electrons. The Morgan fingerprint density at radius 3 is 2.67 bits per heavy atom. The van der Waals surface area contributed by atoms with E-state index in [2.05, 4.69) is 71.0 Å². The lowest BCUT2D eigenvalue weighted by atomic mass is 9.92. The van der Waals surface area contributed by atoms with E-state index in [0.717, 1.165) is 11.5 Å². The predicted octanol–water partition coefficient (Wildman–Crippen LogP) is 6.33. The van der Waals surface area contributed by atoms with Gasteiger partial charge in [-0.25, -0.2) is 4.98 Å². The molecule has 2 nitrogen and oxygen atoms in total. The number of thiophene rings is 1. The third-order valence-electron chi connectivity index (χ3n) is 4.86. The van der Waals surface area contributed by atoms with E-state index in [1.165, 1.54) is 42.1 Å². The summed E-state index contributed by atoms with van der Waals surface area (Å²) < 4.78 is 2.68. The van der Waals surface area contributed by atoms with Crippen LogP contribution in [0.3, 0.4) is 0 Å². The number of hydrogen-bond donors (Lipinski definition) is 1. The zero-order chi connectivity index (χ0) is 15.7. The summed E-state index contributed by atoms with van der Waals surface area (Å²) in [5.74, 6) is 0.959. The van der Waals surface area contributed by atoms with Gasteiger partial charge in [0, 0.05) is 48.4 Å². The molecule has 5 aromatic rings. The minimum absolute atomic E-state index is 0.959. The summed E-state index contributed by atoms with van der Waals surface area (Å²) in [6.07, 6.45) is 1.91. The Kier molecular flexibility index (Phi) is 2.26. The number of nitrogens with one attached hydrogen (secondary N) is 1. The van der Waals surface area contributed by atoms with Gasteiger partial charge < -0.3 is 5.32 Å². The Morgan fingerprint density at radius 2 is 1.67 bits per heavy atom. The van der Waals surface area contributed by atoms with Crippen LogP contribution >= 0.6 is 11.3 Å². The normalized spacial score (nSPS) is 12.5. The third kappa shape index (κ3) is 1.47. The maximum absolute atomic E-state index is 4.59. The molecule has 3 heterocycles. The van der Waals surface area contributed by atoms with Crippen molar-refractivity contribution in [3.63, 3.8) is 0 Å². The number of anilines is 2. The van der Waals surface area contributed by atoms with Crippen molar-refractivity contribution in [3.05, 3.63) is 66.9 Å². The Bertz CT molecular complexity index is 1280. The summed E-state index contributed by atoms with van der Waals surface area (Å²) in [4.78, 5) is 4.59. The van der Waals surface area contributed by atoms with Gasteiger partial charge in [-0.15, -0.1) is 11.3 Å². The van der Waals surface area contributed by atoms with Crippen LogP contribution in [0.25, 0.3) is 42.1 Å². The number of nitrogens with zero attached hydrogens (tertiary/aromatic N) is 1. The molecule has 24 heavy (non-hydrogen) atoms. The average Bonchev–Trinajstić information content (AvgIpc) is 3.01. The summed E-state index contributed by atoms with van der Waals surface area (Å²) in [7, 11) is 0. The molecule has 0 saturated carbocycles. The highest BCUT2D eigenvalue weighted by Crippen LogP contribution is 2.48. The van der Waals surface area contributed by atoms with Crippen LogP contribution in [0, 0.1) is 0 Å². The maximum atomic E-state index is 4.59. The Hall–Kier alpha value is -2.91. The number of fused-ring (bicyclic) bond motifs is 6. The van der Waals surface area contributed by atoms with E-state index >= 15 is 0 Å². The van der Waals surface area contributed by atoms with Crippen molar-refractivity contribution < 1.29 is 0 Å². The van der Waals surface area contributed by atoms with Crippen LogP contribution in [0.1, 0.15) is 0 Å². The number of para-hydroxylation sites is 1. The highest BCUT2D eigenvalue weighted by atomic mass is 32.1. The van der Waals surface area contributed by atoms with Gasteiger partial charge in [-0.05, 0) is 29.8 Å². The van der Waals surface area contributed by atoms with Crippen LogP contribution in [0.2, 0.25) is 0 Å². The lowest BCUT2D eigenvalue weighted by molar-refractivity contribution is 1.33. The smallest absolute Gasteiger partial charge is 0.138 e. The number of hydrogen-bond acceptors (Lipinski definition) is 3. The van der Waals surface area contributed by atoms with Crippen molar-refractivity contribution >= 4 is 53.8 Å². The fourth-order valence-corrected chi connectivity index (χ4v) is 5.02. The van der Waals surface area contributed by atoms with Gasteiger partial charge in [0.15, 0.2) is 0 Å². The van der Waals surface area contributed by atoms with Crippen molar-refractivity contribution in [3.8, 4) is 11.1 Å². The molecule has 6 rings (SSSR count). The quantitative estimate of drug-likeness (QED) is 0.353. The molecule has 2 aromatic heterocycles. The molecule has 0 fully saturated rings. The van der Waals surface area contributed by atoms with Crippen LogP contribution in [-0.2, 0) is 0 Å². The summed E-state index contributed by atoms with van der Waals surface area (Å²) in [5.41, 5.74) is 3.66. The first-order valence-electron chi connectivity index (χ1n) is 7.99. The van der Waals surface area contributed by atoms with E-state index in [1.54, 1.807) is 0 Å². The summed E-state index contributed by atoms with van der Waals surface area (Å²) in [5, 5.41) is 8.69. The molecule has 3 heteroatoms. The SMILES string of the molecule is c1ccc2c(c1)Nc1nccc3c1c-2cc1c2ccccc2sc31. The molecule has 0 amide bonds. The van der Waals surface area contributed by atoms with Gasteiger partial charge in [0.2, 0.25) is 0 Å². The highest BCUT2D eigenvalue weighted by Gasteiger charge is 2.21. The second-order valence-electron chi connectivity index (χ2n) is 6.15. The summed E-state index contributed by atoms with van der Waals surface area (Å²) in [6.45, 7) is 0. The number of benzene rings is 3. The second-order valence-corrected chi connectivity index (χ2v) is 7.20. The number of aromatic nitrogens is 1. The molecule has 3 aromatic carbocycles. The fraction of sp³-hybridized carbons (Fsp3) is 0. The van der Waals surface area contributed by atoms with Gasteiger partial charge in [-0.1, -0.05) is 36.4 Å². The summed E-state index contributed by atoms with van der Waals surface area (Å²) in [6, 6.07) is 21.6. The van der Waals surface area contributed by atoms with Gasteiger partial charge in [-0.2, -0.15) is 0 Å². The first-order valence-corrected chi connectivity index (χ1v) is 8.81. The van der Waals surface area contributed by atoms with E-state index in [9.17, 15) is 0 Å². The Balaban J connectivity index is 1.91. The van der Waals surface area contributed by atoms with Crippen LogP contribution in [0.5, 0.6) is 0 Å². The van der Waals surface area contributed by atoms with Crippen molar-refractivity contribution in [2.24, 2.45) is 0 Å². The standard InChI is InChI=1S/C21H12N2S/c1-3-7-17-12(5-1)15-11-16-13-6-2-4-8-18(13)24-20(16)14-9-10-22-21(23-17)19(14)15/h1-11H,(H,22,23). The molecule has 1 N–H and O–H groups in total. The van der Waals surface area contributed by atoms with Gasteiger partial charge >= 0.3 is 0 Å². The lowest BCUT2D eigenvalue weighted by Gasteiger charge is -2.21. The largest absolute Gasteiger partial charge is 0.339 e. The lowest BCUT2D eigenvalue weighted by Crippen LogP contribution is -2.02. The molecule has 0 aliphatic carbocycles. The van der Waals surface area contributed by atoms with E-state index in [4.69, 9.17) is 0 Å². The first kappa shape index (κ1) is 12.5. The van der Waals surface area contributed by atoms with Gasteiger partial charge in [-0.3, -0.25) is 0 Å². The monoisotopic (exact) mass is 324 g/mol. The second kappa shape index (κ2) is 4.34. The maximum Gasteiger partial charge on any atom is 0.138 e. The molecular formula is C21H12N2S. The highest BCUT2D eigenvalue weighted by molar-refractivity contribution is 7.26. The van der Waals surface area contributed by atoms with Crippen molar-refractivity contribution in [2.75, 3.05) is 5.32 Å². The molecule has 1 aliphatic heterocycles. The van der Waals surface area contributed by atoms with E-state index in [1.807, 2.05) is 17.5 Å². The van der Waals surface area contributed by atoms with Crippen LogP contribution in [-0.4, -0.2) is 4.98 Å². The molecular weight excluding hydrogens is 312 g/mol. The van der Waals surface area contributed by atoms with Crippen molar-refractivity contribution in [1.82, 2.24) is 4.98 Å². The molecule has 1 aliphatic rings. The van der Waals surface area contributed by atoms with Crippen molar-refractivity contribution in [1.29, 1.82) is 0 Å². The van der Waals surface area contributed by atoms with Crippen LogP contribution < -0.4 is 5.32 Å². The van der Waals surface area contributed by atoms with E-state index < -0.39 is 0 Å². The van der Waals surface area contributed by atoms with E-state index in [0.29, 0.717) is 0 Å². The molecule has 0 saturated heterocycles. The molecule has 0 radical (unpaired) electrons. The van der Waals surface area contributed by atoms with Crippen LogP contribution in [0.15, 0.2) is 66.9 Å². The van der Waals surface area contributed by atoms with Crippen LogP contribution in [0.4, 0.5) is 11.5 Å². The average molecular weight is 324 g/mol. The minimum atomic E-state index is 0.959.